The van der Waals surface area contributed by atoms with E-state index in [1.807, 2.05) is 42.2 Å². The van der Waals surface area contributed by atoms with Crippen molar-refractivity contribution >= 4 is 0 Å². The lowest BCUT2D eigenvalue weighted by Crippen LogP contribution is -2.56. The fourth-order valence-corrected chi connectivity index (χ4v) is 4.68. The second kappa shape index (κ2) is 9.74. The zero-order valence-electron chi connectivity index (χ0n) is 19.2. The highest BCUT2D eigenvalue weighted by atomic mass is 19.4. The van der Waals surface area contributed by atoms with Crippen molar-refractivity contribution in [3.63, 3.8) is 0 Å². The summed E-state index contributed by atoms with van der Waals surface area (Å²) in [5, 5.41) is 6.28. The van der Waals surface area contributed by atoms with E-state index in [9.17, 15) is 31.1 Å². The summed E-state index contributed by atoms with van der Waals surface area (Å²) >= 11 is 0. The van der Waals surface area contributed by atoms with Crippen molar-refractivity contribution in [1.29, 1.82) is 0 Å². The minimum Gasteiger partial charge on any atom is -0.371 e. The number of hydrogen-bond donors (Lipinski definition) is 2. The van der Waals surface area contributed by atoms with E-state index in [0.717, 1.165) is 5.56 Å². The van der Waals surface area contributed by atoms with Crippen LogP contribution in [0, 0.1) is 0 Å². The van der Waals surface area contributed by atoms with Crippen molar-refractivity contribution in [3.8, 4) is 0 Å². The molecule has 4 rings (SSSR count). The lowest BCUT2D eigenvalue weighted by molar-refractivity contribution is -0.143. The van der Waals surface area contributed by atoms with E-state index in [1.165, 1.54) is 0 Å². The summed E-state index contributed by atoms with van der Waals surface area (Å²) in [4.78, 5) is 16.2. The Morgan fingerprint density at radius 2 is 1.69 bits per heavy atom. The maximum absolute atomic E-state index is 13.3. The molecule has 0 amide bonds. The normalized spacial score (nSPS) is 21.6. The molecule has 1 fully saturated rings. The van der Waals surface area contributed by atoms with Crippen LogP contribution in [0.3, 0.4) is 0 Å². The molecule has 2 N–H and O–H groups in total. The smallest absolute Gasteiger partial charge is 0.371 e. The quantitative estimate of drug-likeness (QED) is 0.442. The molecule has 3 aromatic rings. The molecule has 0 saturated carbocycles. The van der Waals surface area contributed by atoms with E-state index >= 15 is 0 Å². The second-order valence-electron chi connectivity index (χ2n) is 8.92. The van der Waals surface area contributed by atoms with E-state index < -0.39 is 47.4 Å². The molecule has 0 spiro atoms. The van der Waals surface area contributed by atoms with Crippen LogP contribution in [0.1, 0.15) is 47.8 Å². The van der Waals surface area contributed by atoms with Crippen molar-refractivity contribution in [2.75, 3.05) is 6.54 Å². The number of piperidine rings is 1. The van der Waals surface area contributed by atoms with Crippen molar-refractivity contribution in [2.24, 2.45) is 0 Å². The monoisotopic (exact) mass is 514 g/mol. The van der Waals surface area contributed by atoms with Crippen molar-refractivity contribution < 1.29 is 31.1 Å². The van der Waals surface area contributed by atoms with E-state index in [-0.39, 0.29) is 18.2 Å². The van der Waals surface area contributed by atoms with Crippen LogP contribution in [0.4, 0.5) is 26.3 Å². The maximum atomic E-state index is 13.3. The first-order valence-corrected chi connectivity index (χ1v) is 11.2. The number of nitrogens with zero attached hydrogens (tertiary/aromatic N) is 2. The summed E-state index contributed by atoms with van der Waals surface area (Å²) in [6.07, 6.45) is -9.24. The van der Waals surface area contributed by atoms with Gasteiger partial charge in [0.25, 0.3) is 0 Å². The molecule has 36 heavy (non-hydrogen) atoms. The number of rotatable bonds is 6. The summed E-state index contributed by atoms with van der Waals surface area (Å²) < 4.78 is 85.8. The predicted octanol–water partition coefficient (Wildman–Crippen LogP) is 5.23. The van der Waals surface area contributed by atoms with Gasteiger partial charge >= 0.3 is 18.0 Å². The van der Waals surface area contributed by atoms with Crippen LogP contribution in [0.5, 0.6) is 0 Å². The van der Waals surface area contributed by atoms with Crippen molar-refractivity contribution in [2.45, 2.75) is 56.9 Å². The summed E-state index contributed by atoms with van der Waals surface area (Å²) in [7, 11) is 0. The molecule has 0 unspecified atom stereocenters. The van der Waals surface area contributed by atoms with Gasteiger partial charge in [0.2, 0.25) is 0 Å². The lowest BCUT2D eigenvalue weighted by Gasteiger charge is -2.50. The van der Waals surface area contributed by atoms with E-state index in [1.54, 1.807) is 0 Å². The van der Waals surface area contributed by atoms with Crippen LogP contribution in [0.15, 0.2) is 53.3 Å². The largest absolute Gasteiger partial charge is 0.416 e. The number of alkyl halides is 6. The second-order valence-corrected chi connectivity index (χ2v) is 8.92. The molecule has 194 valence electrons. The average Bonchev–Trinajstić information content (AvgIpc) is 3.23. The van der Waals surface area contributed by atoms with Gasteiger partial charge < -0.3 is 4.74 Å². The van der Waals surface area contributed by atoms with Gasteiger partial charge in [-0.25, -0.2) is 9.89 Å². The van der Waals surface area contributed by atoms with Crippen molar-refractivity contribution in [3.05, 3.63) is 87.1 Å². The highest BCUT2D eigenvalue weighted by molar-refractivity contribution is 5.33. The molecule has 0 radical (unpaired) electrons. The summed E-state index contributed by atoms with van der Waals surface area (Å²) in [5.41, 5.74) is -3.39. The topological polar surface area (TPSA) is 74.0 Å². The van der Waals surface area contributed by atoms with Gasteiger partial charge in [-0.2, -0.15) is 31.4 Å². The van der Waals surface area contributed by atoms with E-state index in [4.69, 9.17) is 4.74 Å². The van der Waals surface area contributed by atoms with Gasteiger partial charge in [-0.15, -0.1) is 0 Å². The first-order chi connectivity index (χ1) is 16.9. The minimum atomic E-state index is -4.93. The Hall–Kier alpha value is -3.12. The number of ether oxygens (including phenoxy) is 1. The number of benzene rings is 2. The molecule has 0 aliphatic carbocycles. The zero-order chi connectivity index (χ0) is 26.1. The predicted molar refractivity (Wildman–Crippen MR) is 118 cm³/mol. The van der Waals surface area contributed by atoms with E-state index in [2.05, 4.69) is 15.2 Å². The number of nitrogens with one attached hydrogen (secondary N) is 2. The molecule has 1 aliphatic heterocycles. The SMILES string of the molecule is C[C@@]1(c2ccccc2)[C@H](OCc2cc(C(F)(F)F)cc(C(F)(F)F)c2)CCCN1Cc1n[nH]c(=O)[nH]1. The summed E-state index contributed by atoms with van der Waals surface area (Å²) in [5.74, 6) is 0.399. The molecule has 2 atom stereocenters. The Labute approximate surface area is 202 Å². The number of H-pyrrole nitrogens is 2. The molecule has 0 bridgehead atoms. The fraction of sp³-hybridized carbons (Fsp3) is 0.417. The average molecular weight is 514 g/mol. The van der Waals surface area contributed by atoms with Gasteiger partial charge in [-0.1, -0.05) is 30.3 Å². The molecular formula is C24H24F6N4O2. The van der Waals surface area contributed by atoms with Crippen LogP contribution >= 0.6 is 0 Å². The molecule has 12 heteroatoms. The fourth-order valence-electron chi connectivity index (χ4n) is 4.68. The van der Waals surface area contributed by atoms with Crippen LogP contribution in [0.2, 0.25) is 0 Å². The van der Waals surface area contributed by atoms with E-state index in [0.29, 0.717) is 37.3 Å². The maximum Gasteiger partial charge on any atom is 0.416 e. The van der Waals surface area contributed by atoms with Crippen molar-refractivity contribution in [1.82, 2.24) is 20.1 Å². The first kappa shape index (κ1) is 26.0. The Morgan fingerprint density at radius 1 is 1.06 bits per heavy atom. The molecule has 1 aliphatic rings. The van der Waals surface area contributed by atoms with Crippen LogP contribution in [-0.2, 0) is 35.8 Å². The van der Waals surface area contributed by atoms with Gasteiger partial charge in [0, 0.05) is 0 Å². The van der Waals surface area contributed by atoms with Gasteiger partial charge in [-0.3, -0.25) is 9.88 Å². The number of hydrogen-bond acceptors (Lipinski definition) is 4. The zero-order valence-corrected chi connectivity index (χ0v) is 19.2. The number of aromatic nitrogens is 3. The third-order valence-electron chi connectivity index (χ3n) is 6.53. The van der Waals surface area contributed by atoms with Crippen LogP contribution in [-0.4, -0.2) is 32.7 Å². The number of halogens is 6. The molecule has 2 aromatic carbocycles. The molecule has 1 aromatic heterocycles. The van der Waals surface area contributed by atoms with Gasteiger partial charge in [0.15, 0.2) is 0 Å². The van der Waals surface area contributed by atoms with Gasteiger partial charge in [-0.05, 0) is 55.6 Å². The van der Waals surface area contributed by atoms with Crippen LogP contribution < -0.4 is 5.69 Å². The standard InChI is InChI=1S/C24H24F6N4O2/c1-22(16-6-3-2-4-7-16)19(8-5-9-34(22)13-20-31-21(35)33-32-20)36-14-15-10-17(23(25,26)27)12-18(11-15)24(28,29)30/h2-4,6-7,10-12,19H,5,8-9,13-14H2,1H3,(H2,31,32,33,35)/t19-,22-/m1/s1. The Kier molecular flexibility index (Phi) is 7.02. The first-order valence-electron chi connectivity index (χ1n) is 11.2. The molecule has 1 saturated heterocycles. The molecular weight excluding hydrogens is 490 g/mol. The molecule has 2 heterocycles. The minimum absolute atomic E-state index is 0.102. The number of likely N-dealkylation sites (tertiary alicyclic amines) is 1. The van der Waals surface area contributed by atoms with Gasteiger partial charge in [0.1, 0.15) is 5.82 Å². The highest BCUT2D eigenvalue weighted by Gasteiger charge is 2.45. The Balaban J connectivity index is 1.65. The number of aromatic amines is 2. The summed E-state index contributed by atoms with van der Waals surface area (Å²) in [6.45, 7) is 2.34. The third-order valence-corrected chi connectivity index (χ3v) is 6.53. The highest BCUT2D eigenvalue weighted by Crippen LogP contribution is 2.41. The Morgan fingerprint density at radius 3 is 2.25 bits per heavy atom. The summed E-state index contributed by atoms with van der Waals surface area (Å²) in [6, 6.07) is 10.7. The van der Waals surface area contributed by atoms with Crippen LogP contribution in [0.25, 0.3) is 0 Å². The Bertz CT molecular complexity index is 1210. The van der Waals surface area contributed by atoms with Gasteiger partial charge in [0.05, 0.1) is 35.9 Å². The molecule has 6 nitrogen and oxygen atoms in total. The third kappa shape index (κ3) is 5.49. The lowest BCUT2D eigenvalue weighted by atomic mass is 9.79.